The highest BCUT2D eigenvalue weighted by Gasteiger charge is 2.03. The van der Waals surface area contributed by atoms with Gasteiger partial charge in [0.2, 0.25) is 0 Å². The van der Waals surface area contributed by atoms with Gasteiger partial charge in [-0.15, -0.1) is 0 Å². The van der Waals surface area contributed by atoms with Crippen molar-refractivity contribution in [2.75, 3.05) is 0 Å². The van der Waals surface area contributed by atoms with Gasteiger partial charge in [-0.3, -0.25) is 0 Å². The summed E-state index contributed by atoms with van der Waals surface area (Å²) in [5, 5.41) is 5.53. The first-order chi connectivity index (χ1) is 6.27. The van der Waals surface area contributed by atoms with Crippen LogP contribution in [0, 0.1) is 0 Å². The number of benzene rings is 1. The van der Waals surface area contributed by atoms with Crippen molar-refractivity contribution in [1.82, 2.24) is 0 Å². The second-order valence-electron chi connectivity index (χ2n) is 2.64. The molecule has 0 aliphatic carbocycles. The number of halogens is 2. The first-order valence-electron chi connectivity index (χ1n) is 3.75. The second kappa shape index (κ2) is 3.70. The Morgan fingerprint density at radius 1 is 1.08 bits per heavy atom. The van der Waals surface area contributed by atoms with Crippen LogP contribution in [-0.4, -0.2) is 0 Å². The molecule has 0 radical (unpaired) electrons. The summed E-state index contributed by atoms with van der Waals surface area (Å²) in [4.78, 5) is 0. The largest absolute Gasteiger partial charge is 0.152 e. The summed E-state index contributed by atoms with van der Waals surface area (Å²) in [5.74, 6) is 0. The molecule has 13 heavy (non-hydrogen) atoms. The lowest BCUT2D eigenvalue weighted by Gasteiger charge is -2.01. The van der Waals surface area contributed by atoms with Crippen LogP contribution in [0.15, 0.2) is 35.0 Å². The van der Waals surface area contributed by atoms with Crippen molar-refractivity contribution < 1.29 is 0 Å². The molecule has 0 unspecified atom stereocenters. The van der Waals surface area contributed by atoms with Gasteiger partial charge in [0, 0.05) is 15.6 Å². The lowest BCUT2D eigenvalue weighted by Crippen LogP contribution is -1.75. The molecular formula is C10H6Cl2S. The summed E-state index contributed by atoms with van der Waals surface area (Å²) in [6.07, 6.45) is 0. The van der Waals surface area contributed by atoms with Crippen LogP contribution in [0.1, 0.15) is 0 Å². The molecule has 0 aliphatic rings. The number of hydrogen-bond acceptors (Lipinski definition) is 1. The zero-order valence-electron chi connectivity index (χ0n) is 6.63. The van der Waals surface area contributed by atoms with Crippen molar-refractivity contribution in [3.63, 3.8) is 0 Å². The van der Waals surface area contributed by atoms with Crippen LogP contribution in [0.25, 0.3) is 11.1 Å². The highest BCUT2D eigenvalue weighted by atomic mass is 35.5. The molecule has 2 aromatic rings. The summed E-state index contributed by atoms with van der Waals surface area (Å²) in [6.45, 7) is 0. The van der Waals surface area contributed by atoms with Gasteiger partial charge >= 0.3 is 0 Å². The van der Waals surface area contributed by atoms with Gasteiger partial charge in [-0.25, -0.2) is 0 Å². The van der Waals surface area contributed by atoms with Gasteiger partial charge in [-0.05, 0) is 40.6 Å². The van der Waals surface area contributed by atoms with Crippen molar-refractivity contribution in [3.8, 4) is 11.1 Å². The number of hydrogen-bond donors (Lipinski definition) is 0. The topological polar surface area (TPSA) is 0 Å². The predicted molar refractivity (Wildman–Crippen MR) is 59.8 cm³/mol. The van der Waals surface area contributed by atoms with E-state index in [-0.39, 0.29) is 0 Å². The fourth-order valence-corrected chi connectivity index (χ4v) is 2.19. The number of rotatable bonds is 1. The number of thiophene rings is 1. The van der Waals surface area contributed by atoms with Crippen molar-refractivity contribution in [2.24, 2.45) is 0 Å². The third kappa shape index (κ3) is 1.88. The summed E-state index contributed by atoms with van der Waals surface area (Å²) in [5.41, 5.74) is 2.12. The van der Waals surface area contributed by atoms with E-state index in [1.165, 1.54) is 0 Å². The standard InChI is InChI=1S/C10H6Cl2S/c11-8-1-2-10(12)9(5-8)7-3-4-13-6-7/h1-6H. The normalized spacial score (nSPS) is 10.3. The highest BCUT2D eigenvalue weighted by molar-refractivity contribution is 7.08. The molecule has 2 rings (SSSR count). The zero-order valence-corrected chi connectivity index (χ0v) is 8.96. The van der Waals surface area contributed by atoms with E-state index in [0.29, 0.717) is 5.02 Å². The first-order valence-corrected chi connectivity index (χ1v) is 5.45. The van der Waals surface area contributed by atoms with E-state index >= 15 is 0 Å². The third-order valence-electron chi connectivity index (χ3n) is 1.76. The second-order valence-corrected chi connectivity index (χ2v) is 4.26. The minimum Gasteiger partial charge on any atom is -0.152 e. The fourth-order valence-electron chi connectivity index (χ4n) is 1.14. The quantitative estimate of drug-likeness (QED) is 0.663. The molecule has 0 saturated heterocycles. The Morgan fingerprint density at radius 2 is 1.92 bits per heavy atom. The molecule has 0 atom stereocenters. The average molecular weight is 229 g/mol. The van der Waals surface area contributed by atoms with E-state index in [2.05, 4.69) is 5.38 Å². The molecule has 0 fully saturated rings. The molecule has 0 aliphatic heterocycles. The van der Waals surface area contributed by atoms with Crippen LogP contribution in [0.5, 0.6) is 0 Å². The van der Waals surface area contributed by atoms with Crippen molar-refractivity contribution in [2.45, 2.75) is 0 Å². The van der Waals surface area contributed by atoms with Gasteiger partial charge in [-0.2, -0.15) is 11.3 Å². The molecule has 0 saturated carbocycles. The average Bonchev–Trinajstić information content (AvgIpc) is 2.61. The Balaban J connectivity index is 2.57. The molecule has 1 aromatic carbocycles. The van der Waals surface area contributed by atoms with E-state index in [4.69, 9.17) is 23.2 Å². The Kier molecular flexibility index (Phi) is 2.58. The summed E-state index contributed by atoms with van der Waals surface area (Å²) < 4.78 is 0. The van der Waals surface area contributed by atoms with Crippen LogP contribution in [0.2, 0.25) is 10.0 Å². The molecule has 0 amide bonds. The van der Waals surface area contributed by atoms with Crippen LogP contribution in [-0.2, 0) is 0 Å². The van der Waals surface area contributed by atoms with E-state index in [9.17, 15) is 0 Å². The molecule has 0 nitrogen and oxygen atoms in total. The first kappa shape index (κ1) is 9.07. The van der Waals surface area contributed by atoms with Crippen molar-refractivity contribution >= 4 is 34.5 Å². The smallest absolute Gasteiger partial charge is 0.0485 e. The van der Waals surface area contributed by atoms with Gasteiger partial charge < -0.3 is 0 Å². The highest BCUT2D eigenvalue weighted by Crippen LogP contribution is 2.31. The molecule has 1 heterocycles. The Labute approximate surface area is 90.7 Å². The third-order valence-corrected chi connectivity index (χ3v) is 3.01. The lowest BCUT2D eigenvalue weighted by atomic mass is 10.1. The molecule has 3 heteroatoms. The summed E-state index contributed by atoms with van der Waals surface area (Å²) >= 11 is 13.6. The van der Waals surface area contributed by atoms with E-state index in [0.717, 1.165) is 16.1 Å². The van der Waals surface area contributed by atoms with Gasteiger partial charge in [-0.1, -0.05) is 23.2 Å². The van der Waals surface area contributed by atoms with Crippen LogP contribution < -0.4 is 0 Å². The Bertz CT molecular complexity index is 407. The van der Waals surface area contributed by atoms with Crippen LogP contribution >= 0.6 is 34.5 Å². The summed E-state index contributed by atoms with van der Waals surface area (Å²) in [6, 6.07) is 7.52. The maximum absolute atomic E-state index is 6.03. The maximum atomic E-state index is 6.03. The zero-order chi connectivity index (χ0) is 9.26. The molecule has 0 N–H and O–H groups in total. The van der Waals surface area contributed by atoms with Gasteiger partial charge in [0.1, 0.15) is 0 Å². The van der Waals surface area contributed by atoms with Gasteiger partial charge in [0.05, 0.1) is 0 Å². The fraction of sp³-hybridized carbons (Fsp3) is 0. The Hall–Kier alpha value is -0.500. The van der Waals surface area contributed by atoms with E-state index in [1.807, 2.05) is 23.6 Å². The minimum absolute atomic E-state index is 0.714. The monoisotopic (exact) mass is 228 g/mol. The maximum Gasteiger partial charge on any atom is 0.0485 e. The Morgan fingerprint density at radius 3 is 2.62 bits per heavy atom. The van der Waals surface area contributed by atoms with E-state index < -0.39 is 0 Å². The van der Waals surface area contributed by atoms with Gasteiger partial charge in [0.25, 0.3) is 0 Å². The molecule has 1 aromatic heterocycles. The van der Waals surface area contributed by atoms with Crippen LogP contribution in [0.3, 0.4) is 0 Å². The van der Waals surface area contributed by atoms with E-state index in [1.54, 1.807) is 17.4 Å². The minimum atomic E-state index is 0.714. The van der Waals surface area contributed by atoms with Gasteiger partial charge in [0.15, 0.2) is 0 Å². The molecular weight excluding hydrogens is 223 g/mol. The predicted octanol–water partition coefficient (Wildman–Crippen LogP) is 4.72. The van der Waals surface area contributed by atoms with Crippen molar-refractivity contribution in [3.05, 3.63) is 45.1 Å². The summed E-state index contributed by atoms with van der Waals surface area (Å²) in [7, 11) is 0. The lowest BCUT2D eigenvalue weighted by molar-refractivity contribution is 1.67. The SMILES string of the molecule is Clc1ccc(Cl)c(-c2ccsc2)c1. The molecule has 0 spiro atoms. The van der Waals surface area contributed by atoms with Crippen molar-refractivity contribution in [1.29, 1.82) is 0 Å². The molecule has 66 valence electrons. The molecule has 0 bridgehead atoms. The van der Waals surface area contributed by atoms with Crippen LogP contribution in [0.4, 0.5) is 0 Å².